The van der Waals surface area contributed by atoms with Crippen molar-refractivity contribution in [2.45, 2.75) is 31.7 Å². The van der Waals surface area contributed by atoms with Crippen LogP contribution in [0.2, 0.25) is 5.15 Å². The summed E-state index contributed by atoms with van der Waals surface area (Å²) in [6.45, 7) is 4.74. The number of hydrogen-bond donors (Lipinski definition) is 0. The van der Waals surface area contributed by atoms with Gasteiger partial charge in [-0.25, -0.2) is 0 Å². The largest absolute Gasteiger partial charge is 0.369 e. The monoisotopic (exact) mass is 266 g/mol. The van der Waals surface area contributed by atoms with Crippen molar-refractivity contribution in [1.29, 1.82) is 0 Å². The molecule has 0 aromatic carbocycles. The van der Waals surface area contributed by atoms with Gasteiger partial charge in [0.1, 0.15) is 0 Å². The van der Waals surface area contributed by atoms with E-state index in [1.54, 1.807) is 0 Å². The van der Waals surface area contributed by atoms with E-state index in [2.05, 4.69) is 20.0 Å². The lowest BCUT2D eigenvalue weighted by atomic mass is 10.1. The number of likely N-dealkylation sites (tertiary alicyclic amines) is 1. The predicted molar refractivity (Wildman–Crippen MR) is 73.1 cm³/mol. The van der Waals surface area contributed by atoms with Crippen molar-refractivity contribution >= 4 is 17.3 Å². The number of anilines is 1. The summed E-state index contributed by atoms with van der Waals surface area (Å²) in [7, 11) is 0. The molecule has 0 bridgehead atoms. The van der Waals surface area contributed by atoms with Crippen molar-refractivity contribution in [3.8, 4) is 0 Å². The van der Waals surface area contributed by atoms with Crippen molar-refractivity contribution < 1.29 is 0 Å². The molecule has 98 valence electrons. The quantitative estimate of drug-likeness (QED) is 0.822. The number of halogens is 1. The van der Waals surface area contributed by atoms with Crippen LogP contribution < -0.4 is 4.90 Å². The molecule has 5 heteroatoms. The van der Waals surface area contributed by atoms with Crippen molar-refractivity contribution in [3.05, 3.63) is 17.4 Å². The molecule has 1 unspecified atom stereocenters. The predicted octanol–water partition coefficient (Wildman–Crippen LogP) is 2.19. The lowest BCUT2D eigenvalue weighted by Gasteiger charge is -2.32. The maximum Gasteiger partial charge on any atom is 0.153 e. The Labute approximate surface area is 113 Å². The molecular weight excluding hydrogens is 248 g/mol. The average molecular weight is 267 g/mol. The standard InChI is InChI=1S/C13H19ClN4/c14-13-8-12(9-15-16-13)18-7-4-11(10-18)17-5-2-1-3-6-17/h8-9,11H,1-7,10H2. The van der Waals surface area contributed by atoms with E-state index in [1.165, 1.54) is 38.8 Å². The van der Waals surface area contributed by atoms with Crippen LogP contribution in [0.5, 0.6) is 0 Å². The van der Waals surface area contributed by atoms with E-state index in [1.807, 2.05) is 12.3 Å². The molecule has 0 saturated carbocycles. The fourth-order valence-electron chi connectivity index (χ4n) is 3.06. The molecular formula is C13H19ClN4. The number of piperidine rings is 1. The van der Waals surface area contributed by atoms with Crippen LogP contribution in [0, 0.1) is 0 Å². The molecule has 1 aromatic heterocycles. The first-order chi connectivity index (χ1) is 8.83. The van der Waals surface area contributed by atoms with E-state index in [0.717, 1.165) is 18.8 Å². The molecule has 3 heterocycles. The molecule has 3 rings (SSSR count). The summed E-state index contributed by atoms with van der Waals surface area (Å²) in [5, 5.41) is 8.21. The minimum Gasteiger partial charge on any atom is -0.369 e. The molecule has 0 spiro atoms. The van der Waals surface area contributed by atoms with Gasteiger partial charge in [0.25, 0.3) is 0 Å². The third-order valence-electron chi connectivity index (χ3n) is 4.05. The average Bonchev–Trinajstić information content (AvgIpc) is 2.89. The molecule has 1 atom stereocenters. The summed E-state index contributed by atoms with van der Waals surface area (Å²) in [5.41, 5.74) is 1.11. The fraction of sp³-hybridized carbons (Fsp3) is 0.692. The van der Waals surface area contributed by atoms with Crippen molar-refractivity contribution in [2.24, 2.45) is 0 Å². The van der Waals surface area contributed by atoms with Crippen molar-refractivity contribution in [2.75, 3.05) is 31.1 Å². The number of aromatic nitrogens is 2. The molecule has 18 heavy (non-hydrogen) atoms. The van der Waals surface area contributed by atoms with Crippen LogP contribution in [0.3, 0.4) is 0 Å². The molecule has 2 aliphatic rings. The molecule has 2 aliphatic heterocycles. The first-order valence-corrected chi connectivity index (χ1v) is 7.18. The summed E-state index contributed by atoms with van der Waals surface area (Å²) in [6.07, 6.45) is 7.18. The van der Waals surface area contributed by atoms with E-state index < -0.39 is 0 Å². The number of nitrogens with zero attached hydrogens (tertiary/aromatic N) is 4. The summed E-state index contributed by atoms with van der Waals surface area (Å²) < 4.78 is 0. The molecule has 1 aromatic rings. The minimum atomic E-state index is 0.480. The van der Waals surface area contributed by atoms with Gasteiger partial charge in [-0.2, -0.15) is 5.10 Å². The maximum absolute atomic E-state index is 5.90. The molecule has 0 aliphatic carbocycles. The summed E-state index contributed by atoms with van der Waals surface area (Å²) in [4.78, 5) is 5.03. The smallest absolute Gasteiger partial charge is 0.153 e. The normalized spacial score (nSPS) is 25.6. The van der Waals surface area contributed by atoms with E-state index >= 15 is 0 Å². The first kappa shape index (κ1) is 12.2. The van der Waals surface area contributed by atoms with Crippen LogP contribution in [0.15, 0.2) is 12.3 Å². The second kappa shape index (κ2) is 5.41. The topological polar surface area (TPSA) is 32.3 Å². The maximum atomic E-state index is 5.90. The van der Waals surface area contributed by atoms with Crippen molar-refractivity contribution in [3.63, 3.8) is 0 Å². The van der Waals surface area contributed by atoms with Crippen molar-refractivity contribution in [1.82, 2.24) is 15.1 Å². The number of hydrogen-bond acceptors (Lipinski definition) is 4. The summed E-state index contributed by atoms with van der Waals surface area (Å²) in [6, 6.07) is 2.62. The molecule has 0 radical (unpaired) electrons. The Morgan fingerprint density at radius 2 is 2.00 bits per heavy atom. The molecule has 2 saturated heterocycles. The van der Waals surface area contributed by atoms with Gasteiger partial charge in [-0.05, 0) is 32.4 Å². The lowest BCUT2D eigenvalue weighted by Crippen LogP contribution is -2.40. The number of rotatable bonds is 2. The molecule has 4 nitrogen and oxygen atoms in total. The zero-order valence-electron chi connectivity index (χ0n) is 10.6. The highest BCUT2D eigenvalue weighted by Crippen LogP contribution is 2.25. The third-order valence-corrected chi connectivity index (χ3v) is 4.23. The van der Waals surface area contributed by atoms with Gasteiger partial charge >= 0.3 is 0 Å². The minimum absolute atomic E-state index is 0.480. The first-order valence-electron chi connectivity index (χ1n) is 6.80. The Kier molecular flexibility index (Phi) is 3.66. The summed E-state index contributed by atoms with van der Waals surface area (Å²) >= 11 is 5.90. The molecule has 2 fully saturated rings. The fourth-order valence-corrected chi connectivity index (χ4v) is 3.22. The van der Waals surface area contributed by atoms with Gasteiger partial charge in [-0.3, -0.25) is 4.90 Å². The molecule has 0 N–H and O–H groups in total. The Balaban J connectivity index is 1.64. The second-order valence-electron chi connectivity index (χ2n) is 5.22. The van der Waals surface area contributed by atoms with E-state index in [9.17, 15) is 0 Å². The van der Waals surface area contributed by atoms with Crippen LogP contribution >= 0.6 is 11.6 Å². The SMILES string of the molecule is Clc1cc(N2CCC(N3CCCCC3)C2)cnn1. The van der Waals surface area contributed by atoms with Gasteiger partial charge in [0, 0.05) is 25.2 Å². The highest BCUT2D eigenvalue weighted by molar-refractivity contribution is 6.29. The van der Waals surface area contributed by atoms with Gasteiger partial charge in [0.05, 0.1) is 11.9 Å². The van der Waals surface area contributed by atoms with Gasteiger partial charge < -0.3 is 4.90 Å². The lowest BCUT2D eigenvalue weighted by molar-refractivity contribution is 0.175. The zero-order valence-corrected chi connectivity index (χ0v) is 11.3. The Morgan fingerprint density at radius 3 is 2.78 bits per heavy atom. The van der Waals surface area contributed by atoms with Crippen LogP contribution in [-0.2, 0) is 0 Å². The van der Waals surface area contributed by atoms with E-state index in [-0.39, 0.29) is 0 Å². The van der Waals surface area contributed by atoms with Crippen LogP contribution in [0.25, 0.3) is 0 Å². The third kappa shape index (κ3) is 2.59. The van der Waals surface area contributed by atoms with E-state index in [4.69, 9.17) is 11.6 Å². The van der Waals surface area contributed by atoms with Crippen LogP contribution in [0.4, 0.5) is 5.69 Å². The Hall–Kier alpha value is -0.870. The van der Waals surface area contributed by atoms with Gasteiger partial charge in [0.15, 0.2) is 5.15 Å². The molecule has 0 amide bonds. The Bertz CT molecular complexity index is 406. The highest BCUT2D eigenvalue weighted by Gasteiger charge is 2.28. The second-order valence-corrected chi connectivity index (χ2v) is 5.61. The highest BCUT2D eigenvalue weighted by atomic mass is 35.5. The van der Waals surface area contributed by atoms with Gasteiger partial charge in [-0.1, -0.05) is 18.0 Å². The Morgan fingerprint density at radius 1 is 1.17 bits per heavy atom. The van der Waals surface area contributed by atoms with Gasteiger partial charge in [-0.15, -0.1) is 5.10 Å². The zero-order chi connectivity index (χ0) is 12.4. The van der Waals surface area contributed by atoms with Gasteiger partial charge in [0.2, 0.25) is 0 Å². The van der Waals surface area contributed by atoms with Crippen LogP contribution in [0.1, 0.15) is 25.7 Å². The van der Waals surface area contributed by atoms with Crippen LogP contribution in [-0.4, -0.2) is 47.3 Å². The summed E-state index contributed by atoms with van der Waals surface area (Å²) in [5.74, 6) is 0. The van der Waals surface area contributed by atoms with E-state index in [0.29, 0.717) is 11.2 Å².